The van der Waals surface area contributed by atoms with Crippen LogP contribution >= 0.6 is 23.4 Å². The fourth-order valence-electron chi connectivity index (χ4n) is 7.01. The Balaban J connectivity index is 0.000000281. The standard InChI is InChI=1S/C31H34ClFN4O2S.C9H9N3O/c1-21-6-9-28-27(16-21)34-29(37(28)20-31(40-2)12-15-39-31)18-36-13-10-22(11-14-36)26-4-3-5-30(35-26)38-19-23-7-8-24(32)17-25(23)33;1-6-2-8(10-5-13)3-7-4-11-12-9(6)7/h3-9,16-17,22H,10-15,18-20H2,1-2H3;2-5H,1H3,(H,10,13)(H,11,12). The molecule has 13 heteroatoms. The van der Waals surface area contributed by atoms with Gasteiger partial charge in [-0.3, -0.25) is 14.8 Å². The van der Waals surface area contributed by atoms with Crippen LogP contribution in [-0.4, -0.2) is 66.9 Å². The van der Waals surface area contributed by atoms with Gasteiger partial charge in [0.15, 0.2) is 0 Å². The van der Waals surface area contributed by atoms with Crippen molar-refractivity contribution in [2.75, 3.05) is 31.3 Å². The summed E-state index contributed by atoms with van der Waals surface area (Å²) in [7, 11) is 0. The van der Waals surface area contributed by atoms with Crippen molar-refractivity contribution in [1.29, 1.82) is 0 Å². The molecule has 10 nitrogen and oxygen atoms in total. The number of amides is 1. The molecule has 5 heterocycles. The maximum absolute atomic E-state index is 14.1. The fourth-order valence-corrected chi connectivity index (χ4v) is 7.92. The van der Waals surface area contributed by atoms with Gasteiger partial charge in [0.05, 0.1) is 42.4 Å². The first-order valence-corrected chi connectivity index (χ1v) is 19.4. The summed E-state index contributed by atoms with van der Waals surface area (Å²) in [4.78, 5) is 22.4. The Morgan fingerprint density at radius 2 is 1.94 bits per heavy atom. The van der Waals surface area contributed by atoms with Crippen molar-refractivity contribution in [2.24, 2.45) is 0 Å². The van der Waals surface area contributed by atoms with Gasteiger partial charge < -0.3 is 19.4 Å². The molecule has 276 valence electrons. The number of carbonyl (C=O) groups is 1. The molecule has 0 saturated carbocycles. The van der Waals surface area contributed by atoms with Crippen molar-refractivity contribution in [3.05, 3.63) is 112 Å². The predicted molar refractivity (Wildman–Crippen MR) is 209 cm³/mol. The summed E-state index contributed by atoms with van der Waals surface area (Å²) in [6.07, 6.45) is 7.63. The highest BCUT2D eigenvalue weighted by Crippen LogP contribution is 2.39. The van der Waals surface area contributed by atoms with E-state index in [1.165, 1.54) is 17.1 Å². The lowest BCUT2D eigenvalue weighted by molar-refractivity contribution is -0.105. The molecule has 1 unspecified atom stereocenters. The summed E-state index contributed by atoms with van der Waals surface area (Å²) in [5.41, 5.74) is 7.82. The maximum Gasteiger partial charge on any atom is 0.213 e. The lowest BCUT2D eigenvalue weighted by atomic mass is 9.93. The Labute approximate surface area is 317 Å². The Morgan fingerprint density at radius 1 is 1.11 bits per heavy atom. The van der Waals surface area contributed by atoms with Gasteiger partial charge in [0.25, 0.3) is 0 Å². The number of nitrogens with one attached hydrogen (secondary N) is 2. The molecule has 0 spiro atoms. The third kappa shape index (κ3) is 8.51. The van der Waals surface area contributed by atoms with Gasteiger partial charge in [0, 0.05) is 45.8 Å². The fraction of sp³-hybridized carbons (Fsp3) is 0.350. The number of rotatable bonds is 11. The number of aromatic nitrogens is 5. The third-order valence-corrected chi connectivity index (χ3v) is 11.5. The van der Waals surface area contributed by atoms with E-state index in [1.807, 2.05) is 31.2 Å². The highest BCUT2D eigenvalue weighted by Gasteiger charge is 2.39. The Hall–Kier alpha value is -4.49. The van der Waals surface area contributed by atoms with Crippen molar-refractivity contribution in [3.63, 3.8) is 0 Å². The number of anilines is 1. The lowest BCUT2D eigenvalue weighted by Crippen LogP contribution is -2.44. The maximum atomic E-state index is 14.1. The van der Waals surface area contributed by atoms with E-state index in [2.05, 4.69) is 62.4 Å². The van der Waals surface area contributed by atoms with Crippen LogP contribution in [0.5, 0.6) is 5.88 Å². The number of aromatic amines is 1. The summed E-state index contributed by atoms with van der Waals surface area (Å²) in [5, 5.41) is 10.8. The molecule has 3 aromatic carbocycles. The Bertz CT molecular complexity index is 2210. The first-order valence-electron chi connectivity index (χ1n) is 17.8. The molecule has 3 aromatic heterocycles. The van der Waals surface area contributed by atoms with Crippen molar-refractivity contribution in [1.82, 2.24) is 29.6 Å². The van der Waals surface area contributed by atoms with Gasteiger partial charge in [-0.25, -0.2) is 14.4 Å². The van der Waals surface area contributed by atoms with Crippen molar-refractivity contribution < 1.29 is 18.7 Å². The number of H-pyrrole nitrogens is 1. The minimum atomic E-state index is -0.372. The number of carbonyl (C=O) groups excluding carboxylic acids is 1. The molecule has 2 fully saturated rings. The number of hydrogen-bond donors (Lipinski definition) is 2. The van der Waals surface area contributed by atoms with Crippen LogP contribution < -0.4 is 10.1 Å². The second-order valence-corrected chi connectivity index (χ2v) is 15.3. The first kappa shape index (κ1) is 36.9. The SMILES string of the molecule is CSC1(Cn2c(CN3CCC(c4cccc(OCc5ccc(Cl)cc5F)n4)CC3)nc3cc(C)ccc32)CCO1.Cc1cc(NC=O)cc2cn[nH]c12. The van der Waals surface area contributed by atoms with Gasteiger partial charge in [-0.1, -0.05) is 29.8 Å². The third-order valence-electron chi connectivity index (χ3n) is 10.1. The smallest absolute Gasteiger partial charge is 0.213 e. The number of hydrogen-bond acceptors (Lipinski definition) is 8. The van der Waals surface area contributed by atoms with Crippen molar-refractivity contribution >= 4 is 57.4 Å². The number of pyridine rings is 1. The van der Waals surface area contributed by atoms with Gasteiger partial charge in [-0.2, -0.15) is 5.10 Å². The van der Waals surface area contributed by atoms with Crippen LogP contribution in [0.2, 0.25) is 5.02 Å². The minimum Gasteiger partial charge on any atom is -0.473 e. The Kier molecular flexibility index (Phi) is 11.3. The number of thioether (sulfide) groups is 1. The monoisotopic (exact) mass is 755 g/mol. The molecular formula is C40H43ClFN7O3S. The molecule has 0 aliphatic carbocycles. The molecule has 1 amide bonds. The molecular weight excluding hydrogens is 713 g/mol. The van der Waals surface area contributed by atoms with Crippen LogP contribution in [-0.2, 0) is 29.2 Å². The van der Waals surface area contributed by atoms with Gasteiger partial charge in [0.2, 0.25) is 12.3 Å². The number of halogens is 2. The lowest BCUT2D eigenvalue weighted by Gasteiger charge is -2.41. The summed E-state index contributed by atoms with van der Waals surface area (Å²) >= 11 is 7.66. The van der Waals surface area contributed by atoms with Gasteiger partial charge in [0.1, 0.15) is 23.2 Å². The average molecular weight is 756 g/mol. The molecule has 2 aliphatic heterocycles. The molecule has 2 aliphatic rings. The van der Waals surface area contributed by atoms with Crippen LogP contribution in [0.4, 0.5) is 10.1 Å². The zero-order valence-corrected chi connectivity index (χ0v) is 31.6. The van der Waals surface area contributed by atoms with E-state index in [4.69, 9.17) is 31.0 Å². The summed E-state index contributed by atoms with van der Waals surface area (Å²) in [6, 6.07) is 20.8. The summed E-state index contributed by atoms with van der Waals surface area (Å²) in [6.45, 7) is 8.60. The first-order chi connectivity index (χ1) is 25.7. The van der Waals surface area contributed by atoms with Crippen molar-refractivity contribution in [3.8, 4) is 5.88 Å². The van der Waals surface area contributed by atoms with Gasteiger partial charge >= 0.3 is 0 Å². The molecule has 0 bridgehead atoms. The number of benzene rings is 3. The van der Waals surface area contributed by atoms with Crippen LogP contribution in [0.1, 0.15) is 53.4 Å². The molecule has 53 heavy (non-hydrogen) atoms. The van der Waals surface area contributed by atoms with Gasteiger partial charge in [-0.05, 0) is 99.6 Å². The summed E-state index contributed by atoms with van der Waals surface area (Å²) in [5.74, 6) is 1.60. The second kappa shape index (κ2) is 16.3. The molecule has 1 atom stereocenters. The highest BCUT2D eigenvalue weighted by molar-refractivity contribution is 7.99. The predicted octanol–water partition coefficient (Wildman–Crippen LogP) is 8.41. The van der Waals surface area contributed by atoms with Crippen LogP contribution in [0.25, 0.3) is 21.9 Å². The van der Waals surface area contributed by atoms with Crippen molar-refractivity contribution in [2.45, 2.75) is 63.7 Å². The van der Waals surface area contributed by atoms with Gasteiger partial charge in [-0.15, -0.1) is 11.8 Å². The van der Waals surface area contributed by atoms with E-state index < -0.39 is 0 Å². The number of piperidine rings is 1. The second-order valence-electron chi connectivity index (χ2n) is 13.7. The molecule has 6 aromatic rings. The van der Waals surface area contributed by atoms with E-state index in [0.717, 1.165) is 91.2 Å². The molecule has 0 radical (unpaired) electrons. The topological polar surface area (TPSA) is 110 Å². The summed E-state index contributed by atoms with van der Waals surface area (Å²) < 4.78 is 28.4. The number of likely N-dealkylation sites (tertiary alicyclic amines) is 1. The molecule has 2 N–H and O–H groups in total. The normalized spacial score (nSPS) is 17.7. The van der Waals surface area contributed by atoms with E-state index >= 15 is 0 Å². The number of aryl methyl sites for hydroxylation is 2. The largest absolute Gasteiger partial charge is 0.473 e. The zero-order chi connectivity index (χ0) is 37.0. The number of nitrogens with zero attached hydrogens (tertiary/aromatic N) is 5. The van der Waals surface area contributed by atoms with E-state index in [-0.39, 0.29) is 17.4 Å². The Morgan fingerprint density at radius 3 is 2.68 bits per heavy atom. The van der Waals surface area contributed by atoms with E-state index in [1.54, 1.807) is 30.1 Å². The molecule has 8 rings (SSSR count). The van der Waals surface area contributed by atoms with Crippen LogP contribution in [0.3, 0.4) is 0 Å². The minimum absolute atomic E-state index is 0.112. The zero-order valence-electron chi connectivity index (χ0n) is 30.1. The quantitative estimate of drug-likeness (QED) is 0.127. The van der Waals surface area contributed by atoms with E-state index in [9.17, 15) is 9.18 Å². The molecule has 2 saturated heterocycles. The average Bonchev–Trinajstić information content (AvgIpc) is 3.74. The number of imidazole rings is 1. The van der Waals surface area contributed by atoms with Crippen LogP contribution in [0, 0.1) is 19.7 Å². The number of ether oxygens (including phenoxy) is 2. The van der Waals surface area contributed by atoms with E-state index in [0.29, 0.717) is 28.8 Å². The van der Waals surface area contributed by atoms with Crippen LogP contribution in [0.15, 0.2) is 72.9 Å². The number of fused-ring (bicyclic) bond motifs is 2. The highest BCUT2D eigenvalue weighted by atomic mass is 35.5.